The smallest absolute Gasteiger partial charge is 0.118 e. The fourth-order valence-corrected chi connectivity index (χ4v) is 4.56. The van der Waals surface area contributed by atoms with E-state index in [0.29, 0.717) is 6.54 Å². The summed E-state index contributed by atoms with van der Waals surface area (Å²) in [6.45, 7) is 6.07. The number of hydrogen-bond donors (Lipinski definition) is 2. The predicted octanol–water partition coefficient (Wildman–Crippen LogP) is 4.10. The SMILES string of the molecule is CCN(CC)CC(O)C(O)C(c1ccccc1)(c1ccc(OC)cc1)c1ccc(OC)cc1. The van der Waals surface area contributed by atoms with Gasteiger partial charge in [-0.2, -0.15) is 0 Å². The zero-order chi connectivity index (χ0) is 23.8. The maximum Gasteiger partial charge on any atom is 0.118 e. The standard InChI is InChI=1S/C28H35NO4/c1-5-29(6-2)20-26(30)27(31)28(21-10-8-7-9-11-21,22-12-16-24(32-3)17-13-22)23-14-18-25(33-4)19-15-23/h7-19,26-27,30-31H,5-6,20H2,1-4H3. The van der Waals surface area contributed by atoms with Crippen LogP contribution in [0.2, 0.25) is 0 Å². The molecule has 0 aliphatic carbocycles. The van der Waals surface area contributed by atoms with Crippen molar-refractivity contribution in [2.75, 3.05) is 33.9 Å². The molecular formula is C28H35NO4. The van der Waals surface area contributed by atoms with Crippen molar-refractivity contribution in [3.8, 4) is 11.5 Å². The van der Waals surface area contributed by atoms with Gasteiger partial charge >= 0.3 is 0 Å². The Morgan fingerprint density at radius 3 is 1.52 bits per heavy atom. The van der Waals surface area contributed by atoms with Gasteiger partial charge in [0.1, 0.15) is 11.5 Å². The molecule has 0 aliphatic rings. The lowest BCUT2D eigenvalue weighted by atomic mass is 9.64. The minimum absolute atomic E-state index is 0.370. The van der Waals surface area contributed by atoms with Crippen LogP contribution in [0.4, 0.5) is 0 Å². The van der Waals surface area contributed by atoms with Crippen LogP contribution in [0.25, 0.3) is 0 Å². The van der Waals surface area contributed by atoms with Crippen LogP contribution in [0.5, 0.6) is 11.5 Å². The lowest BCUT2D eigenvalue weighted by Crippen LogP contribution is -2.52. The minimum Gasteiger partial charge on any atom is -0.497 e. The Kier molecular flexibility index (Phi) is 8.50. The van der Waals surface area contributed by atoms with Gasteiger partial charge in [-0.05, 0) is 54.0 Å². The third-order valence-electron chi connectivity index (χ3n) is 6.47. The molecule has 0 saturated carbocycles. The molecule has 0 aliphatic heterocycles. The molecule has 176 valence electrons. The molecule has 0 heterocycles. The summed E-state index contributed by atoms with van der Waals surface area (Å²) in [5.74, 6) is 1.46. The fourth-order valence-electron chi connectivity index (χ4n) is 4.56. The van der Waals surface area contributed by atoms with Gasteiger partial charge in [-0.3, -0.25) is 0 Å². The normalized spacial score (nSPS) is 13.5. The molecule has 5 nitrogen and oxygen atoms in total. The molecule has 0 bridgehead atoms. The van der Waals surface area contributed by atoms with E-state index in [9.17, 15) is 10.2 Å². The van der Waals surface area contributed by atoms with Gasteiger partial charge in [0.15, 0.2) is 0 Å². The first-order valence-electron chi connectivity index (χ1n) is 11.4. The van der Waals surface area contributed by atoms with Gasteiger partial charge < -0.3 is 24.6 Å². The van der Waals surface area contributed by atoms with Crippen molar-refractivity contribution in [2.24, 2.45) is 0 Å². The molecule has 2 unspecified atom stereocenters. The monoisotopic (exact) mass is 449 g/mol. The Labute approximate surface area is 197 Å². The Balaban J connectivity index is 2.26. The maximum absolute atomic E-state index is 11.9. The van der Waals surface area contributed by atoms with Crippen LogP contribution in [-0.2, 0) is 5.41 Å². The molecule has 2 atom stereocenters. The van der Waals surface area contributed by atoms with Crippen LogP contribution in [0.15, 0.2) is 78.9 Å². The second-order valence-electron chi connectivity index (χ2n) is 8.13. The Hall–Kier alpha value is -2.86. The molecule has 0 aromatic heterocycles. The van der Waals surface area contributed by atoms with Crippen LogP contribution in [-0.4, -0.2) is 61.2 Å². The Morgan fingerprint density at radius 1 is 0.697 bits per heavy atom. The summed E-state index contributed by atoms with van der Waals surface area (Å²) in [6, 6.07) is 25.3. The van der Waals surface area contributed by atoms with Crippen LogP contribution in [0.3, 0.4) is 0 Å². The summed E-state index contributed by atoms with van der Waals surface area (Å²) in [5.41, 5.74) is 1.62. The van der Waals surface area contributed by atoms with Gasteiger partial charge in [-0.1, -0.05) is 68.4 Å². The molecule has 5 heteroatoms. The van der Waals surface area contributed by atoms with E-state index in [1.54, 1.807) is 14.2 Å². The molecule has 0 radical (unpaired) electrons. The highest BCUT2D eigenvalue weighted by Gasteiger charge is 2.46. The van der Waals surface area contributed by atoms with E-state index >= 15 is 0 Å². The van der Waals surface area contributed by atoms with Crippen molar-refractivity contribution in [2.45, 2.75) is 31.5 Å². The largest absolute Gasteiger partial charge is 0.497 e. The summed E-state index contributed by atoms with van der Waals surface area (Å²) in [6.07, 6.45) is -2.09. The first kappa shape index (κ1) is 24.8. The minimum atomic E-state index is -1.11. The van der Waals surface area contributed by atoms with Gasteiger partial charge in [-0.15, -0.1) is 0 Å². The molecule has 0 amide bonds. The molecule has 0 fully saturated rings. The lowest BCUT2D eigenvalue weighted by Gasteiger charge is -2.42. The summed E-state index contributed by atoms with van der Waals surface area (Å²) >= 11 is 0. The number of aliphatic hydroxyl groups is 2. The highest BCUT2D eigenvalue weighted by molar-refractivity contribution is 5.54. The first-order valence-corrected chi connectivity index (χ1v) is 11.4. The average molecular weight is 450 g/mol. The van der Waals surface area contributed by atoms with Crippen LogP contribution < -0.4 is 9.47 Å². The van der Waals surface area contributed by atoms with Gasteiger partial charge in [-0.25, -0.2) is 0 Å². The number of rotatable bonds is 11. The molecule has 2 N–H and O–H groups in total. The van der Waals surface area contributed by atoms with Crippen LogP contribution >= 0.6 is 0 Å². The number of hydrogen-bond acceptors (Lipinski definition) is 5. The molecule has 0 spiro atoms. The third-order valence-corrected chi connectivity index (χ3v) is 6.47. The van der Waals surface area contributed by atoms with Crippen LogP contribution in [0, 0.1) is 0 Å². The van der Waals surface area contributed by atoms with Gasteiger partial charge in [0.05, 0.1) is 31.8 Å². The molecule has 3 aromatic carbocycles. The Morgan fingerprint density at radius 2 is 1.12 bits per heavy atom. The zero-order valence-corrected chi connectivity index (χ0v) is 19.9. The quantitative estimate of drug-likeness (QED) is 0.432. The summed E-state index contributed by atoms with van der Waals surface area (Å²) in [4.78, 5) is 2.12. The topological polar surface area (TPSA) is 62.2 Å². The van der Waals surface area contributed by atoms with Gasteiger partial charge in [0.2, 0.25) is 0 Å². The van der Waals surface area contributed by atoms with Crippen molar-refractivity contribution in [3.05, 3.63) is 95.6 Å². The highest BCUT2D eigenvalue weighted by atomic mass is 16.5. The van der Waals surface area contributed by atoms with Crippen molar-refractivity contribution < 1.29 is 19.7 Å². The van der Waals surface area contributed by atoms with E-state index in [2.05, 4.69) is 18.7 Å². The van der Waals surface area contributed by atoms with Crippen molar-refractivity contribution >= 4 is 0 Å². The van der Waals surface area contributed by atoms with E-state index in [-0.39, 0.29) is 0 Å². The number of ether oxygens (including phenoxy) is 2. The van der Waals surface area contributed by atoms with Gasteiger partial charge in [0.25, 0.3) is 0 Å². The third kappa shape index (κ3) is 5.06. The van der Waals surface area contributed by atoms with E-state index in [4.69, 9.17) is 9.47 Å². The summed E-state index contributed by atoms with van der Waals surface area (Å²) < 4.78 is 10.8. The second-order valence-corrected chi connectivity index (χ2v) is 8.13. The number of benzene rings is 3. The molecule has 33 heavy (non-hydrogen) atoms. The van der Waals surface area contributed by atoms with E-state index < -0.39 is 17.6 Å². The molecule has 3 rings (SSSR count). The predicted molar refractivity (Wildman–Crippen MR) is 132 cm³/mol. The summed E-state index contributed by atoms with van der Waals surface area (Å²) in [7, 11) is 3.26. The van der Waals surface area contributed by atoms with E-state index in [1.165, 1.54) is 0 Å². The lowest BCUT2D eigenvalue weighted by molar-refractivity contribution is -0.0260. The number of nitrogens with zero attached hydrogens (tertiary/aromatic N) is 1. The van der Waals surface area contributed by atoms with E-state index in [0.717, 1.165) is 41.3 Å². The fraction of sp³-hybridized carbons (Fsp3) is 0.357. The van der Waals surface area contributed by atoms with Crippen molar-refractivity contribution in [3.63, 3.8) is 0 Å². The zero-order valence-electron chi connectivity index (χ0n) is 19.9. The Bertz CT molecular complexity index is 922. The number of likely N-dealkylation sites (N-methyl/N-ethyl adjacent to an activating group) is 1. The summed E-state index contributed by atoms with van der Waals surface area (Å²) in [5, 5.41) is 23.3. The number of methoxy groups -OCH3 is 2. The van der Waals surface area contributed by atoms with Gasteiger partial charge in [0, 0.05) is 6.54 Å². The molecule has 3 aromatic rings. The average Bonchev–Trinajstić information content (AvgIpc) is 2.88. The van der Waals surface area contributed by atoms with E-state index in [1.807, 2.05) is 78.9 Å². The maximum atomic E-state index is 11.9. The number of aliphatic hydroxyl groups excluding tert-OH is 2. The second kappa shape index (κ2) is 11.3. The van der Waals surface area contributed by atoms with Crippen molar-refractivity contribution in [1.29, 1.82) is 0 Å². The molecular weight excluding hydrogens is 414 g/mol. The highest BCUT2D eigenvalue weighted by Crippen LogP contribution is 2.44. The molecule has 0 saturated heterocycles. The van der Waals surface area contributed by atoms with Crippen LogP contribution in [0.1, 0.15) is 30.5 Å². The first-order chi connectivity index (χ1) is 16.0. The van der Waals surface area contributed by atoms with Crippen molar-refractivity contribution in [1.82, 2.24) is 4.90 Å².